The van der Waals surface area contributed by atoms with Crippen molar-refractivity contribution in [1.29, 1.82) is 0 Å². The number of likely N-dealkylation sites (tertiary alicyclic amines) is 1. The van der Waals surface area contributed by atoms with Crippen LogP contribution in [0.3, 0.4) is 0 Å². The minimum Gasteiger partial charge on any atom is -0.341 e. The third-order valence-corrected chi connectivity index (χ3v) is 4.56. The van der Waals surface area contributed by atoms with Crippen molar-refractivity contribution in [1.82, 2.24) is 25.0 Å². The fourth-order valence-corrected chi connectivity index (χ4v) is 3.38. The van der Waals surface area contributed by atoms with Gasteiger partial charge in [-0.3, -0.25) is 10.1 Å². The lowest BCUT2D eigenvalue weighted by Crippen LogP contribution is -2.44. The average Bonchev–Trinajstić information content (AvgIpc) is 3.15. The van der Waals surface area contributed by atoms with Crippen molar-refractivity contribution in [2.45, 2.75) is 64.6 Å². The van der Waals surface area contributed by atoms with Crippen LogP contribution in [-0.2, 0) is 17.8 Å². The number of amides is 1. The van der Waals surface area contributed by atoms with Crippen LogP contribution in [0.25, 0.3) is 0 Å². The summed E-state index contributed by atoms with van der Waals surface area (Å²) < 4.78 is 2.22. The Kier molecular flexibility index (Phi) is 4.24. The van der Waals surface area contributed by atoms with Gasteiger partial charge in [-0.1, -0.05) is 0 Å². The second kappa shape index (κ2) is 6.13. The molecule has 0 spiro atoms. The van der Waals surface area contributed by atoms with Crippen molar-refractivity contribution < 1.29 is 4.79 Å². The molecule has 0 unspecified atom stereocenters. The molecule has 1 saturated heterocycles. The molecular formula is C15H25N5O. The van der Waals surface area contributed by atoms with Crippen molar-refractivity contribution >= 4 is 5.91 Å². The quantitative estimate of drug-likeness (QED) is 0.907. The van der Waals surface area contributed by atoms with Gasteiger partial charge < -0.3 is 9.47 Å². The number of rotatable bonds is 4. The molecule has 0 saturated carbocycles. The number of hydrogen-bond donors (Lipinski definition) is 1. The molecule has 3 heterocycles. The molecule has 1 N–H and O–H groups in total. The fraction of sp³-hybridized carbons (Fsp3) is 0.800. The van der Waals surface area contributed by atoms with Crippen LogP contribution in [0.1, 0.15) is 57.2 Å². The Morgan fingerprint density at radius 2 is 1.81 bits per heavy atom. The number of aromatic nitrogens is 3. The van der Waals surface area contributed by atoms with Gasteiger partial charge >= 0.3 is 0 Å². The highest BCUT2D eigenvalue weighted by atomic mass is 16.2. The Morgan fingerprint density at radius 3 is 2.57 bits per heavy atom. The molecule has 6 heteroatoms. The SMILES string of the molecule is C[C@@H](N[C@H](C)c1nnc2n1CCCC2)C(=O)N1CCCC1. The standard InChI is InChI=1S/C15H25N5O/c1-11(14-18-17-13-7-3-4-10-20(13)14)16-12(2)15(21)19-8-5-6-9-19/h11-12,16H,3-10H2,1-2H3/t11-,12-/m1/s1. The molecule has 0 aromatic carbocycles. The maximum absolute atomic E-state index is 12.4. The summed E-state index contributed by atoms with van der Waals surface area (Å²) in [6.45, 7) is 6.82. The van der Waals surface area contributed by atoms with Gasteiger partial charge in [0.05, 0.1) is 12.1 Å². The number of carbonyl (C=O) groups excluding carboxylic acids is 1. The average molecular weight is 291 g/mol. The zero-order valence-electron chi connectivity index (χ0n) is 13.0. The molecule has 21 heavy (non-hydrogen) atoms. The van der Waals surface area contributed by atoms with Crippen LogP contribution in [-0.4, -0.2) is 44.7 Å². The Balaban J connectivity index is 1.64. The van der Waals surface area contributed by atoms with E-state index >= 15 is 0 Å². The Morgan fingerprint density at radius 1 is 1.10 bits per heavy atom. The van der Waals surface area contributed by atoms with Crippen LogP contribution >= 0.6 is 0 Å². The Hall–Kier alpha value is -1.43. The second-order valence-corrected chi connectivity index (χ2v) is 6.23. The third-order valence-electron chi connectivity index (χ3n) is 4.56. The van der Waals surface area contributed by atoms with E-state index in [1.54, 1.807) is 0 Å². The first kappa shape index (κ1) is 14.5. The van der Waals surface area contributed by atoms with Crippen LogP contribution in [0.15, 0.2) is 0 Å². The normalized spacial score (nSPS) is 21.1. The number of nitrogens with one attached hydrogen (secondary N) is 1. The van der Waals surface area contributed by atoms with E-state index in [-0.39, 0.29) is 18.0 Å². The highest BCUT2D eigenvalue weighted by Crippen LogP contribution is 2.19. The van der Waals surface area contributed by atoms with E-state index in [4.69, 9.17) is 0 Å². The number of fused-ring (bicyclic) bond motifs is 1. The molecule has 0 bridgehead atoms. The predicted octanol–water partition coefficient (Wildman–Crippen LogP) is 1.28. The Bertz CT molecular complexity index is 506. The van der Waals surface area contributed by atoms with E-state index in [1.807, 2.05) is 11.8 Å². The second-order valence-electron chi connectivity index (χ2n) is 6.23. The summed E-state index contributed by atoms with van der Waals surface area (Å²) in [5, 5.41) is 12.0. The summed E-state index contributed by atoms with van der Waals surface area (Å²) in [6.07, 6.45) is 5.66. The van der Waals surface area contributed by atoms with Gasteiger partial charge in [-0.15, -0.1) is 10.2 Å². The molecule has 2 aliphatic rings. The van der Waals surface area contributed by atoms with E-state index in [0.717, 1.165) is 50.5 Å². The number of hydrogen-bond acceptors (Lipinski definition) is 4. The van der Waals surface area contributed by atoms with Crippen molar-refractivity contribution in [3.63, 3.8) is 0 Å². The smallest absolute Gasteiger partial charge is 0.239 e. The molecule has 1 amide bonds. The molecule has 1 fully saturated rings. The van der Waals surface area contributed by atoms with Crippen LogP contribution in [0, 0.1) is 0 Å². The van der Waals surface area contributed by atoms with E-state index in [2.05, 4.69) is 27.0 Å². The molecule has 0 radical (unpaired) electrons. The molecule has 2 atom stereocenters. The van der Waals surface area contributed by atoms with Crippen molar-refractivity contribution in [3.05, 3.63) is 11.6 Å². The lowest BCUT2D eigenvalue weighted by Gasteiger charge is -2.25. The first-order valence-electron chi connectivity index (χ1n) is 8.13. The van der Waals surface area contributed by atoms with E-state index in [0.29, 0.717) is 0 Å². The topological polar surface area (TPSA) is 63.1 Å². The molecule has 1 aromatic rings. The molecule has 116 valence electrons. The van der Waals surface area contributed by atoms with Crippen molar-refractivity contribution in [3.8, 4) is 0 Å². The number of nitrogens with zero attached hydrogens (tertiary/aromatic N) is 4. The van der Waals surface area contributed by atoms with Crippen LogP contribution in [0.5, 0.6) is 0 Å². The van der Waals surface area contributed by atoms with E-state index in [1.165, 1.54) is 12.8 Å². The zero-order valence-corrected chi connectivity index (χ0v) is 13.0. The third kappa shape index (κ3) is 2.95. The zero-order chi connectivity index (χ0) is 14.8. The molecule has 2 aliphatic heterocycles. The molecule has 1 aromatic heterocycles. The van der Waals surface area contributed by atoms with Gasteiger partial charge in [0.1, 0.15) is 11.6 Å². The fourth-order valence-electron chi connectivity index (χ4n) is 3.38. The van der Waals surface area contributed by atoms with Gasteiger partial charge in [-0.25, -0.2) is 0 Å². The minimum atomic E-state index is -0.172. The first-order valence-corrected chi connectivity index (χ1v) is 8.13. The molecule has 6 nitrogen and oxygen atoms in total. The maximum Gasteiger partial charge on any atom is 0.239 e. The summed E-state index contributed by atoms with van der Waals surface area (Å²) in [7, 11) is 0. The van der Waals surface area contributed by atoms with Crippen molar-refractivity contribution in [2.24, 2.45) is 0 Å². The van der Waals surface area contributed by atoms with E-state index < -0.39 is 0 Å². The minimum absolute atomic E-state index is 0.0471. The first-order chi connectivity index (χ1) is 10.2. The molecule has 0 aliphatic carbocycles. The highest BCUT2D eigenvalue weighted by Gasteiger charge is 2.26. The van der Waals surface area contributed by atoms with Crippen molar-refractivity contribution in [2.75, 3.05) is 13.1 Å². The monoisotopic (exact) mass is 291 g/mol. The number of aryl methyl sites for hydroxylation is 1. The van der Waals surface area contributed by atoms with Gasteiger partial charge in [0.2, 0.25) is 5.91 Å². The summed E-state index contributed by atoms with van der Waals surface area (Å²) in [5.41, 5.74) is 0. The lowest BCUT2D eigenvalue weighted by molar-refractivity contribution is -0.132. The Labute approximate surface area is 125 Å². The largest absolute Gasteiger partial charge is 0.341 e. The van der Waals surface area contributed by atoms with Crippen LogP contribution in [0.2, 0.25) is 0 Å². The lowest BCUT2D eigenvalue weighted by atomic mass is 10.1. The predicted molar refractivity (Wildman–Crippen MR) is 79.8 cm³/mol. The molecular weight excluding hydrogens is 266 g/mol. The van der Waals surface area contributed by atoms with Gasteiger partial charge in [0.15, 0.2) is 0 Å². The summed E-state index contributed by atoms with van der Waals surface area (Å²) >= 11 is 0. The summed E-state index contributed by atoms with van der Waals surface area (Å²) in [6, 6.07) is -0.124. The summed E-state index contributed by atoms with van der Waals surface area (Å²) in [4.78, 5) is 14.3. The van der Waals surface area contributed by atoms with Gasteiger partial charge in [0, 0.05) is 26.1 Å². The van der Waals surface area contributed by atoms with Gasteiger partial charge in [-0.05, 0) is 39.5 Å². The summed E-state index contributed by atoms with van der Waals surface area (Å²) in [5.74, 6) is 2.26. The maximum atomic E-state index is 12.4. The van der Waals surface area contributed by atoms with Gasteiger partial charge in [0.25, 0.3) is 0 Å². The van der Waals surface area contributed by atoms with Crippen LogP contribution < -0.4 is 5.32 Å². The van der Waals surface area contributed by atoms with Gasteiger partial charge in [-0.2, -0.15) is 0 Å². The molecule has 3 rings (SSSR count). The number of carbonyl (C=O) groups is 1. The van der Waals surface area contributed by atoms with E-state index in [9.17, 15) is 4.79 Å². The highest BCUT2D eigenvalue weighted by molar-refractivity contribution is 5.81. The van der Waals surface area contributed by atoms with Crippen LogP contribution in [0.4, 0.5) is 0 Å².